The Kier molecular flexibility index (Phi) is 5.13. The van der Waals surface area contributed by atoms with E-state index in [4.69, 9.17) is 9.84 Å². The largest absolute Gasteiger partial charge is 0.478 e. The Morgan fingerprint density at radius 2 is 2.53 bits per heavy atom. The fourth-order valence-corrected chi connectivity index (χ4v) is 3.25. The molecular formula is C14H19NO3S. The molecule has 19 heavy (non-hydrogen) atoms. The van der Waals surface area contributed by atoms with E-state index < -0.39 is 5.97 Å². The lowest BCUT2D eigenvalue weighted by atomic mass is 10.1. The molecule has 1 aromatic heterocycles. The zero-order valence-corrected chi connectivity index (χ0v) is 11.9. The summed E-state index contributed by atoms with van der Waals surface area (Å²) >= 11 is 1.68. The van der Waals surface area contributed by atoms with Crippen molar-refractivity contribution in [3.05, 3.63) is 28.0 Å². The number of carboxylic acid groups (broad SMARTS) is 1. The topological polar surface area (TPSA) is 49.8 Å². The first-order valence-corrected chi connectivity index (χ1v) is 7.29. The molecule has 1 atom stereocenters. The number of carbonyl (C=O) groups is 1. The van der Waals surface area contributed by atoms with E-state index in [1.807, 2.05) is 11.4 Å². The zero-order chi connectivity index (χ0) is 13.7. The number of hydrogen-bond donors (Lipinski definition) is 1. The second-order valence-electron chi connectivity index (χ2n) is 4.71. The number of hydrogen-bond acceptors (Lipinski definition) is 4. The van der Waals surface area contributed by atoms with E-state index in [0.717, 1.165) is 38.0 Å². The van der Waals surface area contributed by atoms with Crippen LogP contribution in [-0.4, -0.2) is 42.3 Å². The molecule has 2 heterocycles. The Hall–Kier alpha value is -1.17. The van der Waals surface area contributed by atoms with E-state index >= 15 is 0 Å². The lowest BCUT2D eigenvalue weighted by molar-refractivity contribution is -0.131. The van der Waals surface area contributed by atoms with Crippen LogP contribution in [0.3, 0.4) is 0 Å². The number of rotatable bonds is 5. The van der Waals surface area contributed by atoms with Crippen molar-refractivity contribution in [2.24, 2.45) is 0 Å². The Labute approximate surface area is 117 Å². The van der Waals surface area contributed by atoms with Gasteiger partial charge in [0.25, 0.3) is 0 Å². The minimum atomic E-state index is -0.908. The third-order valence-electron chi connectivity index (χ3n) is 3.35. The summed E-state index contributed by atoms with van der Waals surface area (Å²) in [7, 11) is 1.76. The van der Waals surface area contributed by atoms with Crippen molar-refractivity contribution < 1.29 is 14.6 Å². The molecule has 1 aliphatic heterocycles. The van der Waals surface area contributed by atoms with Gasteiger partial charge in [-0.1, -0.05) is 0 Å². The Morgan fingerprint density at radius 1 is 1.68 bits per heavy atom. The minimum Gasteiger partial charge on any atom is -0.478 e. The van der Waals surface area contributed by atoms with Crippen molar-refractivity contribution in [1.29, 1.82) is 0 Å². The zero-order valence-electron chi connectivity index (χ0n) is 11.0. The molecule has 1 fully saturated rings. The highest BCUT2D eigenvalue weighted by Gasteiger charge is 2.20. The molecule has 2 rings (SSSR count). The van der Waals surface area contributed by atoms with Gasteiger partial charge in [0.05, 0.1) is 6.10 Å². The summed E-state index contributed by atoms with van der Waals surface area (Å²) in [5, 5.41) is 10.7. The van der Waals surface area contributed by atoms with E-state index in [9.17, 15) is 4.79 Å². The van der Waals surface area contributed by atoms with Crippen LogP contribution >= 0.6 is 11.3 Å². The highest BCUT2D eigenvalue weighted by molar-refractivity contribution is 7.10. The molecule has 1 N–H and O–H groups in total. The quantitative estimate of drug-likeness (QED) is 0.842. The first kappa shape index (κ1) is 14.2. The Bertz CT molecular complexity index is 455. The summed E-state index contributed by atoms with van der Waals surface area (Å²) in [5.74, 6) is -0.908. The molecule has 4 nitrogen and oxygen atoms in total. The van der Waals surface area contributed by atoms with Crippen molar-refractivity contribution in [1.82, 2.24) is 4.90 Å². The average molecular weight is 281 g/mol. The van der Waals surface area contributed by atoms with Crippen LogP contribution in [-0.2, 0) is 16.1 Å². The van der Waals surface area contributed by atoms with Gasteiger partial charge < -0.3 is 9.84 Å². The van der Waals surface area contributed by atoms with Crippen molar-refractivity contribution in [2.75, 3.05) is 20.2 Å². The Morgan fingerprint density at radius 3 is 3.26 bits per heavy atom. The van der Waals surface area contributed by atoms with E-state index in [1.54, 1.807) is 24.5 Å². The third kappa shape index (κ3) is 4.16. The van der Waals surface area contributed by atoms with Crippen molar-refractivity contribution in [3.63, 3.8) is 0 Å². The van der Waals surface area contributed by atoms with E-state index in [2.05, 4.69) is 4.90 Å². The van der Waals surface area contributed by atoms with Gasteiger partial charge in [-0.15, -0.1) is 11.3 Å². The van der Waals surface area contributed by atoms with Crippen LogP contribution in [0, 0.1) is 0 Å². The van der Waals surface area contributed by atoms with Crippen molar-refractivity contribution >= 4 is 23.4 Å². The number of thiophene rings is 1. The lowest BCUT2D eigenvalue weighted by Crippen LogP contribution is -2.38. The molecule has 0 spiro atoms. The number of aliphatic carboxylic acids is 1. The highest BCUT2D eigenvalue weighted by Crippen LogP contribution is 2.23. The number of carboxylic acids is 1. The van der Waals surface area contributed by atoms with Gasteiger partial charge in [-0.3, -0.25) is 4.90 Å². The maximum Gasteiger partial charge on any atom is 0.328 e. The summed E-state index contributed by atoms with van der Waals surface area (Å²) in [6.45, 7) is 2.91. The standard InChI is InChI=1S/C14H19NO3S/c1-18-12-3-2-7-15(9-12)10-13-11(6-8-19-13)4-5-14(16)17/h4-6,8,12H,2-3,7,9-10H2,1H3,(H,16,17)/b5-4+. The van der Waals surface area contributed by atoms with Crippen LogP contribution in [0.2, 0.25) is 0 Å². The number of methoxy groups -OCH3 is 1. The minimum absolute atomic E-state index is 0.326. The maximum atomic E-state index is 10.6. The summed E-state index contributed by atoms with van der Waals surface area (Å²) < 4.78 is 5.42. The molecule has 1 aromatic rings. The van der Waals surface area contributed by atoms with Gasteiger partial charge in [0, 0.05) is 31.2 Å². The van der Waals surface area contributed by atoms with Gasteiger partial charge in [0.1, 0.15) is 0 Å². The normalized spacial score (nSPS) is 21.0. The fraction of sp³-hybridized carbons (Fsp3) is 0.500. The van der Waals surface area contributed by atoms with Crippen LogP contribution in [0.5, 0.6) is 0 Å². The van der Waals surface area contributed by atoms with Crippen molar-refractivity contribution in [2.45, 2.75) is 25.5 Å². The molecule has 0 bridgehead atoms. The first-order valence-electron chi connectivity index (χ1n) is 6.41. The van der Waals surface area contributed by atoms with E-state index in [-0.39, 0.29) is 0 Å². The number of nitrogens with zero attached hydrogens (tertiary/aromatic N) is 1. The fourth-order valence-electron chi connectivity index (χ4n) is 2.34. The van der Waals surface area contributed by atoms with Crippen LogP contribution in [0.1, 0.15) is 23.3 Å². The second kappa shape index (κ2) is 6.84. The van der Waals surface area contributed by atoms with Crippen LogP contribution in [0.15, 0.2) is 17.5 Å². The second-order valence-corrected chi connectivity index (χ2v) is 5.71. The molecule has 1 saturated heterocycles. The lowest BCUT2D eigenvalue weighted by Gasteiger charge is -2.31. The molecule has 5 heteroatoms. The summed E-state index contributed by atoms with van der Waals surface area (Å²) in [6.07, 6.45) is 5.48. The van der Waals surface area contributed by atoms with E-state index in [1.165, 1.54) is 11.0 Å². The predicted octanol–water partition coefficient (Wildman–Crippen LogP) is 2.46. The number of ether oxygens (including phenoxy) is 1. The molecule has 0 amide bonds. The highest BCUT2D eigenvalue weighted by atomic mass is 32.1. The van der Waals surface area contributed by atoms with Crippen LogP contribution in [0.25, 0.3) is 6.08 Å². The molecule has 104 valence electrons. The monoisotopic (exact) mass is 281 g/mol. The SMILES string of the molecule is COC1CCCN(Cc2sccc2/C=C/C(=O)O)C1. The molecule has 0 aromatic carbocycles. The molecule has 0 saturated carbocycles. The number of likely N-dealkylation sites (tertiary alicyclic amines) is 1. The van der Waals surface area contributed by atoms with Gasteiger partial charge in [-0.25, -0.2) is 4.79 Å². The van der Waals surface area contributed by atoms with Gasteiger partial charge in [0.15, 0.2) is 0 Å². The van der Waals surface area contributed by atoms with Gasteiger partial charge in [-0.2, -0.15) is 0 Å². The molecule has 1 unspecified atom stereocenters. The van der Waals surface area contributed by atoms with Gasteiger partial charge in [0.2, 0.25) is 0 Å². The van der Waals surface area contributed by atoms with Crippen molar-refractivity contribution in [3.8, 4) is 0 Å². The number of piperidine rings is 1. The van der Waals surface area contributed by atoms with Gasteiger partial charge >= 0.3 is 5.97 Å². The van der Waals surface area contributed by atoms with Gasteiger partial charge in [-0.05, 0) is 42.5 Å². The first-order chi connectivity index (χ1) is 9.19. The Balaban J connectivity index is 1.99. The maximum absolute atomic E-state index is 10.6. The molecule has 0 radical (unpaired) electrons. The summed E-state index contributed by atoms with van der Waals surface area (Å²) in [4.78, 5) is 14.2. The average Bonchev–Trinajstić information content (AvgIpc) is 2.84. The molecule has 0 aliphatic carbocycles. The van der Waals surface area contributed by atoms with Crippen LogP contribution < -0.4 is 0 Å². The summed E-state index contributed by atoms with van der Waals surface area (Å²) in [5.41, 5.74) is 1.01. The molecule has 1 aliphatic rings. The van der Waals surface area contributed by atoms with Crippen LogP contribution in [0.4, 0.5) is 0 Å². The summed E-state index contributed by atoms with van der Waals surface area (Å²) in [6, 6.07) is 1.97. The smallest absolute Gasteiger partial charge is 0.328 e. The predicted molar refractivity (Wildman–Crippen MR) is 76.3 cm³/mol. The molecular weight excluding hydrogens is 262 g/mol. The van der Waals surface area contributed by atoms with E-state index in [0.29, 0.717) is 6.10 Å². The third-order valence-corrected chi connectivity index (χ3v) is 4.27.